The fraction of sp³-hybridized carbons (Fsp3) is 0.533. The summed E-state index contributed by atoms with van der Waals surface area (Å²) in [5.74, 6) is 0. The van der Waals surface area contributed by atoms with Gasteiger partial charge >= 0.3 is 0 Å². The molecule has 0 aliphatic rings. The van der Waals surface area contributed by atoms with Crippen molar-refractivity contribution in [1.29, 1.82) is 0 Å². The molecule has 2 aromatic heterocycles. The maximum atomic E-state index is 4.51. The summed E-state index contributed by atoms with van der Waals surface area (Å²) in [7, 11) is 2.00. The van der Waals surface area contributed by atoms with Crippen molar-refractivity contribution >= 4 is 0 Å². The van der Waals surface area contributed by atoms with Crippen molar-refractivity contribution < 1.29 is 0 Å². The predicted octanol–water partition coefficient (Wildman–Crippen LogP) is 2.06. The summed E-state index contributed by atoms with van der Waals surface area (Å²) in [5.41, 5.74) is 3.34. The highest BCUT2D eigenvalue weighted by molar-refractivity contribution is 5.14. The molecule has 0 aliphatic heterocycles. The van der Waals surface area contributed by atoms with Crippen molar-refractivity contribution in [2.75, 3.05) is 6.54 Å². The lowest BCUT2D eigenvalue weighted by Gasteiger charge is -2.17. The lowest BCUT2D eigenvalue weighted by Crippen LogP contribution is -2.25. The van der Waals surface area contributed by atoms with Crippen molar-refractivity contribution in [2.24, 2.45) is 7.05 Å². The molecule has 0 saturated heterocycles. The zero-order valence-electron chi connectivity index (χ0n) is 12.5. The molecule has 1 atom stereocenters. The topological polar surface area (TPSA) is 55.6 Å². The van der Waals surface area contributed by atoms with E-state index in [-0.39, 0.29) is 6.04 Å². The molecule has 0 saturated carbocycles. The number of nitrogens with one attached hydrogen (secondary N) is 1. The van der Waals surface area contributed by atoms with E-state index in [1.807, 2.05) is 17.9 Å². The average Bonchev–Trinajstić information content (AvgIpc) is 2.84. The lowest BCUT2D eigenvalue weighted by atomic mass is 10.1. The molecule has 5 heteroatoms. The largest absolute Gasteiger partial charge is 0.308 e. The molecule has 0 aliphatic carbocycles. The highest BCUT2D eigenvalue weighted by Crippen LogP contribution is 2.16. The Balaban J connectivity index is 2.16. The Kier molecular flexibility index (Phi) is 5.24. The molecule has 2 aromatic rings. The molecule has 20 heavy (non-hydrogen) atoms. The molecule has 1 N–H and O–H groups in total. The van der Waals surface area contributed by atoms with E-state index in [1.54, 1.807) is 12.4 Å². The molecule has 0 spiro atoms. The Morgan fingerprint density at radius 1 is 1.30 bits per heavy atom. The smallest absolute Gasteiger partial charge is 0.0760 e. The third-order valence-electron chi connectivity index (χ3n) is 3.38. The fourth-order valence-electron chi connectivity index (χ4n) is 2.23. The Morgan fingerprint density at radius 2 is 2.15 bits per heavy atom. The summed E-state index contributed by atoms with van der Waals surface area (Å²) in [6.45, 7) is 5.27. The van der Waals surface area contributed by atoms with Crippen LogP contribution in [-0.2, 0) is 19.9 Å². The summed E-state index contributed by atoms with van der Waals surface area (Å²) < 4.78 is 1.97. The van der Waals surface area contributed by atoms with Gasteiger partial charge in [0.15, 0.2) is 0 Å². The second-order valence-corrected chi connectivity index (χ2v) is 4.95. The van der Waals surface area contributed by atoms with E-state index in [4.69, 9.17) is 0 Å². The van der Waals surface area contributed by atoms with Gasteiger partial charge in [0.2, 0.25) is 0 Å². The van der Waals surface area contributed by atoms with Crippen LogP contribution >= 0.6 is 0 Å². The van der Waals surface area contributed by atoms with Gasteiger partial charge in [0, 0.05) is 37.8 Å². The van der Waals surface area contributed by atoms with Gasteiger partial charge in [0.1, 0.15) is 0 Å². The van der Waals surface area contributed by atoms with Crippen molar-refractivity contribution in [3.8, 4) is 0 Å². The standard InChI is InChI=1S/C15H23N5/c1-4-6-17-14(15-11-16-7-8-18-15)10-13-9-12(5-2)19-20(13)3/h7-9,11,14,17H,4-6,10H2,1-3H3. The highest BCUT2D eigenvalue weighted by atomic mass is 15.3. The summed E-state index contributed by atoms with van der Waals surface area (Å²) in [6, 6.07) is 2.36. The van der Waals surface area contributed by atoms with Crippen LogP contribution in [0.4, 0.5) is 0 Å². The first-order valence-electron chi connectivity index (χ1n) is 7.25. The lowest BCUT2D eigenvalue weighted by molar-refractivity contribution is 0.500. The van der Waals surface area contributed by atoms with E-state index in [9.17, 15) is 0 Å². The van der Waals surface area contributed by atoms with E-state index < -0.39 is 0 Å². The van der Waals surface area contributed by atoms with E-state index in [2.05, 4.69) is 40.3 Å². The van der Waals surface area contributed by atoms with Gasteiger partial charge in [-0.25, -0.2) is 0 Å². The van der Waals surface area contributed by atoms with Crippen LogP contribution in [0.2, 0.25) is 0 Å². The molecule has 0 radical (unpaired) electrons. The summed E-state index contributed by atoms with van der Waals surface area (Å²) in [5, 5.41) is 8.05. The van der Waals surface area contributed by atoms with Gasteiger partial charge < -0.3 is 5.32 Å². The van der Waals surface area contributed by atoms with Gasteiger partial charge in [-0.1, -0.05) is 13.8 Å². The van der Waals surface area contributed by atoms with Gasteiger partial charge in [-0.15, -0.1) is 0 Å². The number of hydrogen-bond acceptors (Lipinski definition) is 4. The molecular weight excluding hydrogens is 250 g/mol. The molecule has 108 valence electrons. The minimum Gasteiger partial charge on any atom is -0.308 e. The molecule has 5 nitrogen and oxygen atoms in total. The third-order valence-corrected chi connectivity index (χ3v) is 3.38. The number of aryl methyl sites for hydroxylation is 2. The van der Waals surface area contributed by atoms with Crippen LogP contribution in [0.1, 0.15) is 43.4 Å². The second-order valence-electron chi connectivity index (χ2n) is 4.95. The maximum Gasteiger partial charge on any atom is 0.0760 e. The molecular formula is C15H23N5. The molecule has 1 unspecified atom stereocenters. The van der Waals surface area contributed by atoms with Crippen LogP contribution in [0.3, 0.4) is 0 Å². The monoisotopic (exact) mass is 273 g/mol. The molecule has 0 amide bonds. The minimum absolute atomic E-state index is 0.184. The van der Waals surface area contributed by atoms with Crippen LogP contribution in [0.25, 0.3) is 0 Å². The van der Waals surface area contributed by atoms with E-state index in [0.717, 1.165) is 37.2 Å². The third kappa shape index (κ3) is 3.63. The first-order valence-corrected chi connectivity index (χ1v) is 7.25. The van der Waals surface area contributed by atoms with Gasteiger partial charge in [0.25, 0.3) is 0 Å². The molecule has 0 aromatic carbocycles. The van der Waals surface area contributed by atoms with Gasteiger partial charge in [0.05, 0.1) is 17.4 Å². The zero-order valence-corrected chi connectivity index (χ0v) is 12.5. The number of aromatic nitrogens is 4. The van der Waals surface area contributed by atoms with Crippen LogP contribution < -0.4 is 5.32 Å². The summed E-state index contributed by atoms with van der Waals surface area (Å²) in [4.78, 5) is 8.60. The van der Waals surface area contributed by atoms with Crippen molar-refractivity contribution in [3.63, 3.8) is 0 Å². The van der Waals surface area contributed by atoms with E-state index in [1.165, 1.54) is 5.69 Å². The Morgan fingerprint density at radius 3 is 2.75 bits per heavy atom. The van der Waals surface area contributed by atoms with Crippen LogP contribution in [0, 0.1) is 0 Å². The fourth-order valence-corrected chi connectivity index (χ4v) is 2.23. The van der Waals surface area contributed by atoms with Crippen molar-refractivity contribution in [1.82, 2.24) is 25.1 Å². The minimum atomic E-state index is 0.184. The number of rotatable bonds is 7. The van der Waals surface area contributed by atoms with Gasteiger partial charge in [-0.3, -0.25) is 14.6 Å². The highest BCUT2D eigenvalue weighted by Gasteiger charge is 2.15. The van der Waals surface area contributed by atoms with E-state index >= 15 is 0 Å². The van der Waals surface area contributed by atoms with Crippen molar-refractivity contribution in [3.05, 3.63) is 41.7 Å². The quantitative estimate of drug-likeness (QED) is 0.839. The first-order chi connectivity index (χ1) is 9.74. The van der Waals surface area contributed by atoms with Crippen LogP contribution in [0.15, 0.2) is 24.7 Å². The number of nitrogens with zero attached hydrogens (tertiary/aromatic N) is 4. The van der Waals surface area contributed by atoms with Crippen LogP contribution in [0.5, 0.6) is 0 Å². The molecule has 2 heterocycles. The summed E-state index contributed by atoms with van der Waals surface area (Å²) in [6.07, 6.45) is 8.23. The van der Waals surface area contributed by atoms with E-state index in [0.29, 0.717) is 0 Å². The SMILES string of the molecule is CCCNC(Cc1cc(CC)nn1C)c1cnccn1. The Hall–Kier alpha value is -1.75. The molecule has 0 fully saturated rings. The normalized spacial score (nSPS) is 12.6. The molecule has 0 bridgehead atoms. The zero-order chi connectivity index (χ0) is 14.4. The number of hydrogen-bond donors (Lipinski definition) is 1. The second kappa shape index (κ2) is 7.14. The maximum absolute atomic E-state index is 4.51. The molecule has 2 rings (SSSR count). The average molecular weight is 273 g/mol. The Bertz CT molecular complexity index is 520. The van der Waals surface area contributed by atoms with Gasteiger partial charge in [-0.05, 0) is 25.5 Å². The first kappa shape index (κ1) is 14.7. The summed E-state index contributed by atoms with van der Waals surface area (Å²) >= 11 is 0. The van der Waals surface area contributed by atoms with Crippen LogP contribution in [-0.4, -0.2) is 26.3 Å². The predicted molar refractivity (Wildman–Crippen MR) is 79.4 cm³/mol. The van der Waals surface area contributed by atoms with Gasteiger partial charge in [-0.2, -0.15) is 5.10 Å². The Labute approximate surface area is 120 Å². The van der Waals surface area contributed by atoms with Crippen molar-refractivity contribution in [2.45, 2.75) is 39.2 Å².